The van der Waals surface area contributed by atoms with Crippen LogP contribution in [0.5, 0.6) is 0 Å². The second-order valence-corrected chi connectivity index (χ2v) is 9.59. The molecule has 7 rings (SSSR count). The Labute approximate surface area is 206 Å². The number of hydrogen-bond donors (Lipinski definition) is 0. The van der Waals surface area contributed by atoms with Gasteiger partial charge in [0.25, 0.3) is 0 Å². The number of fused-ring (bicyclic) bond motifs is 3. The lowest BCUT2D eigenvalue weighted by Gasteiger charge is -2.63. The van der Waals surface area contributed by atoms with E-state index in [1.165, 1.54) is 33.0 Å². The summed E-state index contributed by atoms with van der Waals surface area (Å²) in [6.07, 6.45) is 0. The van der Waals surface area contributed by atoms with Crippen LogP contribution >= 0.6 is 0 Å². The first-order chi connectivity index (χ1) is 17.3. The highest BCUT2D eigenvalue weighted by Crippen LogP contribution is 2.62. The minimum absolute atomic E-state index is 0.112. The van der Waals surface area contributed by atoms with Crippen molar-refractivity contribution in [2.24, 2.45) is 4.99 Å². The molecule has 0 unspecified atom stereocenters. The predicted octanol–water partition coefficient (Wildman–Crippen LogP) is 7.99. The number of aliphatic imine (C=N–C) groups is 1. The fraction of sp³-hybridized carbons (Fsp3) is 0.121. The molecule has 2 heterocycles. The fourth-order valence-electron chi connectivity index (χ4n) is 6.36. The maximum absolute atomic E-state index is 5.37. The summed E-state index contributed by atoms with van der Waals surface area (Å²) in [6, 6.07) is 46.4. The summed E-state index contributed by atoms with van der Waals surface area (Å²) in [6.45, 7) is 2.32. The van der Waals surface area contributed by atoms with Gasteiger partial charge in [-0.15, -0.1) is 0 Å². The van der Waals surface area contributed by atoms with E-state index in [-0.39, 0.29) is 17.5 Å². The van der Waals surface area contributed by atoms with Crippen LogP contribution in [0.2, 0.25) is 0 Å². The van der Waals surface area contributed by atoms with Gasteiger partial charge in [0.15, 0.2) is 0 Å². The van der Waals surface area contributed by atoms with Crippen LogP contribution < -0.4 is 0 Å². The molecule has 5 aromatic carbocycles. The molecule has 0 saturated carbocycles. The van der Waals surface area contributed by atoms with Crippen molar-refractivity contribution in [3.63, 3.8) is 0 Å². The van der Waals surface area contributed by atoms with Crippen molar-refractivity contribution in [2.75, 3.05) is 0 Å². The van der Waals surface area contributed by atoms with E-state index in [1.807, 2.05) is 0 Å². The minimum atomic E-state index is -0.381. The summed E-state index contributed by atoms with van der Waals surface area (Å²) in [4.78, 5) is 7.93. The number of para-hydroxylation sites is 1. The zero-order valence-electron chi connectivity index (χ0n) is 19.7. The molecule has 0 aromatic heterocycles. The largest absolute Gasteiger partial charge is 0.343 e. The van der Waals surface area contributed by atoms with Gasteiger partial charge >= 0.3 is 0 Å². The fourth-order valence-corrected chi connectivity index (χ4v) is 6.36. The Balaban J connectivity index is 1.59. The van der Waals surface area contributed by atoms with Gasteiger partial charge in [0.2, 0.25) is 0 Å². The van der Waals surface area contributed by atoms with Gasteiger partial charge < -0.3 is 4.90 Å². The molecule has 0 spiro atoms. The van der Waals surface area contributed by atoms with Gasteiger partial charge in [-0.25, -0.2) is 4.99 Å². The summed E-state index contributed by atoms with van der Waals surface area (Å²) in [5.74, 6) is 1.14. The van der Waals surface area contributed by atoms with E-state index >= 15 is 0 Å². The molecule has 35 heavy (non-hydrogen) atoms. The van der Waals surface area contributed by atoms with Crippen LogP contribution in [-0.2, 0) is 5.41 Å². The lowest BCUT2D eigenvalue weighted by Crippen LogP contribution is -2.67. The normalized spacial score (nSPS) is 19.9. The van der Waals surface area contributed by atoms with Crippen molar-refractivity contribution in [2.45, 2.75) is 24.4 Å². The third kappa shape index (κ3) is 2.74. The van der Waals surface area contributed by atoms with E-state index in [2.05, 4.69) is 139 Å². The van der Waals surface area contributed by atoms with E-state index in [0.717, 1.165) is 11.5 Å². The number of hydrogen-bond acceptors (Lipinski definition) is 2. The van der Waals surface area contributed by atoms with Crippen molar-refractivity contribution in [1.82, 2.24) is 4.90 Å². The van der Waals surface area contributed by atoms with Gasteiger partial charge in [0, 0.05) is 5.56 Å². The Hall–Kier alpha value is -4.17. The van der Waals surface area contributed by atoms with E-state index in [4.69, 9.17) is 4.99 Å². The van der Waals surface area contributed by atoms with Crippen molar-refractivity contribution in [3.05, 3.63) is 150 Å². The molecular weight excluding hydrogens is 424 g/mol. The van der Waals surface area contributed by atoms with Gasteiger partial charge in [-0.1, -0.05) is 121 Å². The van der Waals surface area contributed by atoms with Crippen molar-refractivity contribution in [3.8, 4) is 0 Å². The SMILES string of the molecule is C[C@@H]1c2ccccc2N=C2N1[C@H](c1cccc3ccccc13)C2(c1ccccc1)c1ccccc1. The highest BCUT2D eigenvalue weighted by Gasteiger charge is 2.63. The first-order valence-electron chi connectivity index (χ1n) is 12.4. The second-order valence-electron chi connectivity index (χ2n) is 9.59. The monoisotopic (exact) mass is 450 g/mol. The number of amidine groups is 1. The van der Waals surface area contributed by atoms with Gasteiger partial charge in [-0.05, 0) is 40.5 Å². The zero-order valence-corrected chi connectivity index (χ0v) is 19.7. The molecular formula is C33H26N2. The third-order valence-electron chi connectivity index (χ3n) is 7.89. The molecule has 2 atom stereocenters. The first-order valence-corrected chi connectivity index (χ1v) is 12.4. The summed E-state index contributed by atoms with van der Waals surface area (Å²) in [5, 5.41) is 2.58. The maximum Gasteiger partial charge on any atom is 0.124 e. The van der Waals surface area contributed by atoms with Crippen LogP contribution in [0.4, 0.5) is 5.69 Å². The van der Waals surface area contributed by atoms with E-state index in [9.17, 15) is 0 Å². The van der Waals surface area contributed by atoms with Crippen LogP contribution in [-0.4, -0.2) is 10.7 Å². The molecule has 5 aromatic rings. The summed E-state index contributed by atoms with van der Waals surface area (Å²) in [5.41, 5.74) is 5.90. The van der Waals surface area contributed by atoms with Gasteiger partial charge in [-0.2, -0.15) is 0 Å². The number of rotatable bonds is 3. The highest BCUT2D eigenvalue weighted by atomic mass is 15.3. The van der Waals surface area contributed by atoms with Gasteiger partial charge in [0.05, 0.1) is 17.8 Å². The third-order valence-corrected chi connectivity index (χ3v) is 7.89. The average Bonchev–Trinajstić information content (AvgIpc) is 2.92. The molecule has 2 heteroatoms. The Morgan fingerprint density at radius 3 is 1.91 bits per heavy atom. The summed E-state index contributed by atoms with van der Waals surface area (Å²) >= 11 is 0. The van der Waals surface area contributed by atoms with Crippen LogP contribution in [0.15, 0.2) is 132 Å². The molecule has 0 amide bonds. The molecule has 0 bridgehead atoms. The van der Waals surface area contributed by atoms with Crippen molar-refractivity contribution < 1.29 is 0 Å². The summed E-state index contributed by atoms with van der Waals surface area (Å²) < 4.78 is 0. The van der Waals surface area contributed by atoms with E-state index in [0.29, 0.717) is 0 Å². The standard InChI is InChI=1S/C33H26N2/c1-23-27-19-10-11-22-30(27)34-32-33(25-15-4-2-5-16-25,26-17-6-3-7-18-26)31(35(23)32)29-21-12-14-24-13-8-9-20-28(24)29/h2-23,31H,1H3/t23-,31-/m1/s1. The molecule has 0 radical (unpaired) electrons. The van der Waals surface area contributed by atoms with Crippen molar-refractivity contribution >= 4 is 22.3 Å². The van der Waals surface area contributed by atoms with Crippen LogP contribution in [0, 0.1) is 0 Å². The summed E-state index contributed by atoms with van der Waals surface area (Å²) in [7, 11) is 0. The first kappa shape index (κ1) is 20.2. The van der Waals surface area contributed by atoms with E-state index in [1.54, 1.807) is 0 Å². The Morgan fingerprint density at radius 2 is 1.17 bits per heavy atom. The molecule has 2 nitrogen and oxygen atoms in total. The quantitative estimate of drug-likeness (QED) is 0.272. The molecule has 2 aliphatic rings. The molecule has 0 aliphatic carbocycles. The second kappa shape index (κ2) is 7.68. The van der Waals surface area contributed by atoms with Crippen LogP contribution in [0.1, 0.15) is 41.3 Å². The molecule has 2 aliphatic heterocycles. The smallest absolute Gasteiger partial charge is 0.124 e. The van der Waals surface area contributed by atoms with Gasteiger partial charge in [-0.3, -0.25) is 0 Å². The van der Waals surface area contributed by atoms with Gasteiger partial charge in [0.1, 0.15) is 11.3 Å². The minimum Gasteiger partial charge on any atom is -0.343 e. The Bertz CT molecular complexity index is 1520. The Kier molecular flexibility index (Phi) is 4.44. The average molecular weight is 451 g/mol. The lowest BCUT2D eigenvalue weighted by atomic mass is 9.58. The molecule has 0 N–H and O–H groups in total. The number of nitrogens with zero attached hydrogens (tertiary/aromatic N) is 2. The molecule has 168 valence electrons. The predicted molar refractivity (Wildman–Crippen MR) is 144 cm³/mol. The lowest BCUT2D eigenvalue weighted by molar-refractivity contribution is 0.123. The molecule has 1 saturated heterocycles. The topological polar surface area (TPSA) is 15.6 Å². The zero-order chi connectivity index (χ0) is 23.4. The van der Waals surface area contributed by atoms with Crippen LogP contribution in [0.25, 0.3) is 10.8 Å². The van der Waals surface area contributed by atoms with Crippen LogP contribution in [0.3, 0.4) is 0 Å². The molecule has 1 fully saturated rings. The highest BCUT2D eigenvalue weighted by molar-refractivity contribution is 6.07. The Morgan fingerprint density at radius 1 is 0.600 bits per heavy atom. The van der Waals surface area contributed by atoms with E-state index < -0.39 is 0 Å². The maximum atomic E-state index is 5.37. The number of benzene rings is 5. The van der Waals surface area contributed by atoms with Crippen molar-refractivity contribution in [1.29, 1.82) is 0 Å².